The lowest BCUT2D eigenvalue weighted by molar-refractivity contribution is 0.395. The van der Waals surface area contributed by atoms with E-state index in [0.717, 1.165) is 38.9 Å². The Labute approximate surface area is 388 Å². The van der Waals surface area contributed by atoms with Gasteiger partial charge in [0.05, 0.1) is 0 Å². The van der Waals surface area contributed by atoms with Crippen molar-refractivity contribution in [3.63, 3.8) is 0 Å². The van der Waals surface area contributed by atoms with Crippen LogP contribution in [0.5, 0.6) is 0 Å². The molecular weight excluding hydrogens is 799 g/mol. The van der Waals surface area contributed by atoms with Gasteiger partial charge in [0.1, 0.15) is 0 Å². The first kappa shape index (κ1) is 39.8. The summed E-state index contributed by atoms with van der Waals surface area (Å²) in [6.07, 6.45) is 7.31. The minimum absolute atomic E-state index is 0.0115. The molecule has 0 fully saturated rings. The van der Waals surface area contributed by atoms with Crippen molar-refractivity contribution in [3.05, 3.63) is 240 Å². The van der Waals surface area contributed by atoms with E-state index in [9.17, 15) is 0 Å². The van der Waals surface area contributed by atoms with Crippen molar-refractivity contribution in [2.45, 2.75) is 44.4 Å². The number of nitrogens with zero attached hydrogens (tertiary/aromatic N) is 3. The van der Waals surface area contributed by atoms with Crippen LogP contribution >= 0.6 is 0 Å². The molecule has 3 aliphatic carbocycles. The zero-order chi connectivity index (χ0) is 44.6. The van der Waals surface area contributed by atoms with E-state index in [2.05, 4.69) is 240 Å². The van der Waals surface area contributed by atoms with Gasteiger partial charge in [-0.25, -0.2) is 15.0 Å². The molecule has 0 saturated heterocycles. The van der Waals surface area contributed by atoms with E-state index in [1.165, 1.54) is 55.6 Å². The summed E-state index contributed by atoms with van der Waals surface area (Å²) in [5.41, 5.74) is 20.2. The zero-order valence-corrected chi connectivity index (χ0v) is 37.7. The Morgan fingerprint density at radius 1 is 0.364 bits per heavy atom. The van der Waals surface area contributed by atoms with Crippen molar-refractivity contribution >= 4 is 5.57 Å². The molecular formula is C63H49N3. The van der Waals surface area contributed by atoms with Crippen LogP contribution in [0.4, 0.5) is 0 Å². The van der Waals surface area contributed by atoms with Crippen molar-refractivity contribution in [2.24, 2.45) is 5.92 Å². The predicted octanol–water partition coefficient (Wildman–Crippen LogP) is 15.8. The molecule has 316 valence electrons. The fraction of sp³-hybridized carbons (Fsp3) is 0.127. The van der Waals surface area contributed by atoms with Crippen LogP contribution in [-0.4, -0.2) is 15.0 Å². The second-order valence-corrected chi connectivity index (χ2v) is 19.3. The number of hydrogen-bond acceptors (Lipinski definition) is 3. The molecule has 0 radical (unpaired) electrons. The van der Waals surface area contributed by atoms with Gasteiger partial charge in [-0.3, -0.25) is 0 Å². The summed E-state index contributed by atoms with van der Waals surface area (Å²) in [7, 11) is 0. The molecule has 3 aliphatic rings. The van der Waals surface area contributed by atoms with E-state index < -0.39 is 0 Å². The number of aromatic nitrogens is 3. The summed E-state index contributed by atoms with van der Waals surface area (Å²) in [6.45, 7) is 9.52. The maximum absolute atomic E-state index is 5.34. The van der Waals surface area contributed by atoms with Crippen molar-refractivity contribution in [1.82, 2.24) is 15.0 Å². The van der Waals surface area contributed by atoms with Crippen LogP contribution in [0.3, 0.4) is 0 Å². The molecule has 0 amide bonds. The molecule has 0 N–H and O–H groups in total. The van der Waals surface area contributed by atoms with E-state index in [1.54, 1.807) is 0 Å². The molecule has 0 bridgehead atoms. The van der Waals surface area contributed by atoms with E-state index in [1.807, 2.05) is 0 Å². The molecule has 0 saturated carbocycles. The van der Waals surface area contributed by atoms with Gasteiger partial charge in [0, 0.05) is 28.0 Å². The van der Waals surface area contributed by atoms with Crippen molar-refractivity contribution < 1.29 is 0 Å². The first-order valence-electron chi connectivity index (χ1n) is 23.2. The van der Waals surface area contributed by atoms with E-state index in [0.29, 0.717) is 29.3 Å². The van der Waals surface area contributed by atoms with Crippen molar-refractivity contribution in [1.29, 1.82) is 0 Å². The highest BCUT2D eigenvalue weighted by atomic mass is 15.0. The van der Waals surface area contributed by atoms with Gasteiger partial charge in [-0.2, -0.15) is 0 Å². The van der Waals surface area contributed by atoms with Crippen LogP contribution in [0.25, 0.3) is 84.2 Å². The van der Waals surface area contributed by atoms with E-state index >= 15 is 0 Å². The van der Waals surface area contributed by atoms with Crippen molar-refractivity contribution in [3.8, 4) is 78.7 Å². The Hall–Kier alpha value is -7.75. The molecule has 12 rings (SSSR count). The summed E-state index contributed by atoms with van der Waals surface area (Å²) >= 11 is 0. The first-order valence-corrected chi connectivity index (χ1v) is 23.2. The molecule has 2 atom stereocenters. The van der Waals surface area contributed by atoms with Gasteiger partial charge in [0.15, 0.2) is 17.5 Å². The summed E-state index contributed by atoms with van der Waals surface area (Å²) < 4.78 is 0. The predicted molar refractivity (Wildman–Crippen MR) is 273 cm³/mol. The standard InChI is InChI=1S/C63H49N3/c1-62(2)55-21-13-11-19-51(55)53-33-31-46(38-57(53)62)48-35-49(47-32-34-54-52-20-12-14-22-56(52)63(3,4)58(54)39-47)37-50(36-48)61-65-59(44-27-23-42(24-28-44)40-15-7-5-8-16-40)64-60(66-61)45-29-25-43(26-30-45)41-17-9-6-10-18-41/h5-39,53,57H,1-4H3. The fourth-order valence-electron chi connectivity index (χ4n) is 11.0. The lowest BCUT2D eigenvalue weighted by Gasteiger charge is -2.31. The van der Waals surface area contributed by atoms with Gasteiger partial charge in [-0.15, -0.1) is 0 Å². The number of rotatable bonds is 7. The van der Waals surface area contributed by atoms with Crippen LogP contribution < -0.4 is 0 Å². The highest BCUT2D eigenvalue weighted by Crippen LogP contribution is 2.55. The van der Waals surface area contributed by atoms with E-state index in [-0.39, 0.29) is 10.8 Å². The third-order valence-corrected chi connectivity index (χ3v) is 14.7. The monoisotopic (exact) mass is 847 g/mol. The second-order valence-electron chi connectivity index (χ2n) is 19.3. The topological polar surface area (TPSA) is 38.7 Å². The molecule has 8 aromatic carbocycles. The molecule has 0 aliphatic heterocycles. The first-order chi connectivity index (χ1) is 32.2. The Balaban J connectivity index is 1.03. The SMILES string of the molecule is CC1(C)c2ccccc2-c2ccc(-c3cc(C4=CC5C(C=C4)c4ccccc4C5(C)C)cc(-c4nc(-c5ccc(-c6ccccc6)cc5)nc(-c5ccc(-c6ccccc6)cc5)n4)c3)cc21. The van der Waals surface area contributed by atoms with Crippen molar-refractivity contribution in [2.75, 3.05) is 0 Å². The molecule has 9 aromatic rings. The maximum atomic E-state index is 5.34. The third kappa shape index (κ3) is 6.69. The minimum atomic E-state index is -0.126. The highest BCUT2D eigenvalue weighted by molar-refractivity contribution is 5.87. The van der Waals surface area contributed by atoms with Gasteiger partial charge in [0.25, 0.3) is 0 Å². The summed E-state index contributed by atoms with van der Waals surface area (Å²) in [6, 6.07) is 70.0. The van der Waals surface area contributed by atoms with E-state index in [4.69, 9.17) is 15.0 Å². The van der Waals surface area contributed by atoms with Gasteiger partial charge in [-0.05, 0) is 113 Å². The molecule has 66 heavy (non-hydrogen) atoms. The number of benzene rings is 8. The van der Waals surface area contributed by atoms with Crippen LogP contribution in [0.2, 0.25) is 0 Å². The number of hydrogen-bond donors (Lipinski definition) is 0. The third-order valence-electron chi connectivity index (χ3n) is 14.7. The largest absolute Gasteiger partial charge is 0.208 e. The quantitative estimate of drug-likeness (QED) is 0.160. The normalized spacial score (nSPS) is 17.1. The molecule has 3 heteroatoms. The molecule has 3 nitrogen and oxygen atoms in total. The fourth-order valence-corrected chi connectivity index (χ4v) is 11.0. The van der Waals surface area contributed by atoms with Crippen LogP contribution in [-0.2, 0) is 10.8 Å². The molecule has 1 heterocycles. The smallest absolute Gasteiger partial charge is 0.164 e. The molecule has 2 unspecified atom stereocenters. The Morgan fingerprint density at radius 3 is 1.47 bits per heavy atom. The number of allylic oxidation sites excluding steroid dienone is 4. The summed E-state index contributed by atoms with van der Waals surface area (Å²) in [4.78, 5) is 15.9. The average molecular weight is 848 g/mol. The minimum Gasteiger partial charge on any atom is -0.208 e. The average Bonchev–Trinajstić information content (AvgIpc) is 3.75. The lowest BCUT2D eigenvalue weighted by atomic mass is 9.72. The van der Waals surface area contributed by atoms with Crippen LogP contribution in [0, 0.1) is 5.92 Å². The Morgan fingerprint density at radius 2 is 0.833 bits per heavy atom. The zero-order valence-electron chi connectivity index (χ0n) is 37.7. The highest BCUT2D eigenvalue weighted by Gasteiger charge is 2.45. The Kier molecular flexibility index (Phi) is 9.32. The summed E-state index contributed by atoms with van der Waals surface area (Å²) in [5, 5.41) is 0. The lowest BCUT2D eigenvalue weighted by Crippen LogP contribution is -2.25. The number of fused-ring (bicyclic) bond motifs is 6. The van der Waals surface area contributed by atoms with Gasteiger partial charge >= 0.3 is 0 Å². The Bertz CT molecular complexity index is 3290. The summed E-state index contributed by atoms with van der Waals surface area (Å²) in [5.74, 6) is 2.58. The van der Waals surface area contributed by atoms with Gasteiger partial charge < -0.3 is 0 Å². The maximum Gasteiger partial charge on any atom is 0.164 e. The molecule has 0 spiro atoms. The van der Waals surface area contributed by atoms with Gasteiger partial charge in [-0.1, -0.05) is 216 Å². The molecule has 1 aromatic heterocycles. The van der Waals surface area contributed by atoms with Gasteiger partial charge in [0.2, 0.25) is 0 Å². The van der Waals surface area contributed by atoms with Crippen LogP contribution in [0.1, 0.15) is 61.4 Å². The van der Waals surface area contributed by atoms with Crippen LogP contribution in [0.15, 0.2) is 212 Å². The second kappa shape index (κ2) is 15.5.